The van der Waals surface area contributed by atoms with E-state index < -0.39 is 0 Å². The molecule has 0 aliphatic carbocycles. The van der Waals surface area contributed by atoms with E-state index in [1.165, 1.54) is 0 Å². The Morgan fingerprint density at radius 3 is 3.08 bits per heavy atom. The Balaban J connectivity index is 2.79. The molecule has 0 fully saturated rings. The first kappa shape index (κ1) is 8.93. The number of hydrogen-bond acceptors (Lipinski definition) is 3. The summed E-state index contributed by atoms with van der Waals surface area (Å²) < 4.78 is 4.94. The van der Waals surface area contributed by atoms with Crippen molar-refractivity contribution in [1.82, 2.24) is 4.98 Å². The molecule has 1 heterocycles. The molecule has 0 saturated heterocycles. The molecule has 12 heavy (non-hydrogen) atoms. The summed E-state index contributed by atoms with van der Waals surface area (Å²) in [6.45, 7) is 0. The van der Waals surface area contributed by atoms with Crippen LogP contribution in [0.4, 0.5) is 0 Å². The highest BCUT2D eigenvalue weighted by Crippen LogP contribution is 2.08. The van der Waals surface area contributed by atoms with Crippen LogP contribution in [0, 0.1) is 0 Å². The van der Waals surface area contributed by atoms with Crippen LogP contribution in [0.2, 0.25) is 0 Å². The quantitative estimate of drug-likeness (QED) is 0.706. The lowest BCUT2D eigenvalue weighted by atomic mass is 10.2. The standard InChI is InChI=1S/C8H10N2OS/c1-11-8-5-6(2-3-10-8)4-7(9)12/h2-3,5H,4H2,1H3,(H2,9,12). The van der Waals surface area contributed by atoms with Crippen molar-refractivity contribution < 1.29 is 4.74 Å². The average Bonchev–Trinajstić information content (AvgIpc) is 2.03. The van der Waals surface area contributed by atoms with Crippen LogP contribution in [-0.4, -0.2) is 17.1 Å². The first-order valence-corrected chi connectivity index (χ1v) is 3.90. The van der Waals surface area contributed by atoms with Crippen molar-refractivity contribution in [2.75, 3.05) is 7.11 Å². The van der Waals surface area contributed by atoms with Crippen LogP contribution in [0.15, 0.2) is 18.3 Å². The number of methoxy groups -OCH3 is 1. The van der Waals surface area contributed by atoms with E-state index in [-0.39, 0.29) is 0 Å². The fourth-order valence-corrected chi connectivity index (χ4v) is 1.04. The third-order valence-electron chi connectivity index (χ3n) is 1.39. The van der Waals surface area contributed by atoms with Gasteiger partial charge in [-0.15, -0.1) is 0 Å². The maximum Gasteiger partial charge on any atom is 0.213 e. The largest absolute Gasteiger partial charge is 0.481 e. The van der Waals surface area contributed by atoms with E-state index >= 15 is 0 Å². The molecule has 0 aliphatic heterocycles. The molecule has 64 valence electrons. The lowest BCUT2D eigenvalue weighted by molar-refractivity contribution is 0.397. The Morgan fingerprint density at radius 1 is 1.75 bits per heavy atom. The number of ether oxygens (including phenoxy) is 1. The number of nitrogens with two attached hydrogens (primary N) is 1. The molecule has 2 N–H and O–H groups in total. The first-order chi connectivity index (χ1) is 5.72. The van der Waals surface area contributed by atoms with Crippen molar-refractivity contribution in [2.45, 2.75) is 6.42 Å². The predicted octanol–water partition coefficient (Wildman–Crippen LogP) is 0.919. The van der Waals surface area contributed by atoms with Gasteiger partial charge < -0.3 is 10.5 Å². The minimum Gasteiger partial charge on any atom is -0.481 e. The zero-order valence-corrected chi connectivity index (χ0v) is 7.60. The normalized spacial score (nSPS) is 9.42. The fourth-order valence-electron chi connectivity index (χ4n) is 0.873. The third kappa shape index (κ3) is 2.47. The molecule has 0 unspecified atom stereocenters. The van der Waals surface area contributed by atoms with E-state index in [4.69, 9.17) is 22.7 Å². The van der Waals surface area contributed by atoms with Crippen LogP contribution in [0.5, 0.6) is 5.88 Å². The molecule has 0 aliphatic rings. The highest BCUT2D eigenvalue weighted by Gasteiger charge is 1.97. The van der Waals surface area contributed by atoms with Gasteiger partial charge in [-0.05, 0) is 11.6 Å². The van der Waals surface area contributed by atoms with Gasteiger partial charge in [0, 0.05) is 18.7 Å². The highest BCUT2D eigenvalue weighted by molar-refractivity contribution is 7.80. The number of thiocarbonyl (C=S) groups is 1. The second kappa shape index (κ2) is 4.01. The van der Waals surface area contributed by atoms with Crippen molar-refractivity contribution in [2.24, 2.45) is 5.73 Å². The number of hydrogen-bond donors (Lipinski definition) is 1. The van der Waals surface area contributed by atoms with E-state index in [1.54, 1.807) is 13.3 Å². The summed E-state index contributed by atoms with van der Waals surface area (Å²) in [7, 11) is 1.58. The number of rotatable bonds is 3. The molecular weight excluding hydrogens is 172 g/mol. The first-order valence-electron chi connectivity index (χ1n) is 3.49. The zero-order valence-electron chi connectivity index (χ0n) is 6.78. The Hall–Kier alpha value is -1.16. The monoisotopic (exact) mass is 182 g/mol. The molecular formula is C8H10N2OS. The lowest BCUT2D eigenvalue weighted by Crippen LogP contribution is -2.11. The van der Waals surface area contributed by atoms with E-state index in [2.05, 4.69) is 4.98 Å². The molecule has 0 spiro atoms. The molecule has 3 nitrogen and oxygen atoms in total. The van der Waals surface area contributed by atoms with Gasteiger partial charge in [0.15, 0.2) is 0 Å². The molecule has 4 heteroatoms. The van der Waals surface area contributed by atoms with Crippen LogP contribution < -0.4 is 10.5 Å². The molecule has 0 atom stereocenters. The molecule has 1 aromatic rings. The highest BCUT2D eigenvalue weighted by atomic mass is 32.1. The summed E-state index contributed by atoms with van der Waals surface area (Å²) in [5.74, 6) is 0.587. The van der Waals surface area contributed by atoms with Crippen molar-refractivity contribution >= 4 is 17.2 Å². The predicted molar refractivity (Wildman–Crippen MR) is 51.3 cm³/mol. The van der Waals surface area contributed by atoms with Crippen LogP contribution >= 0.6 is 12.2 Å². The van der Waals surface area contributed by atoms with Gasteiger partial charge in [0.2, 0.25) is 5.88 Å². The topological polar surface area (TPSA) is 48.1 Å². The van der Waals surface area contributed by atoms with E-state index in [0.717, 1.165) is 5.56 Å². The SMILES string of the molecule is COc1cc(CC(N)=S)ccn1. The van der Waals surface area contributed by atoms with E-state index in [0.29, 0.717) is 17.3 Å². The van der Waals surface area contributed by atoms with Crippen LogP contribution in [0.25, 0.3) is 0 Å². The van der Waals surface area contributed by atoms with Gasteiger partial charge in [0.05, 0.1) is 12.1 Å². The average molecular weight is 182 g/mol. The maximum absolute atomic E-state index is 5.39. The summed E-state index contributed by atoms with van der Waals surface area (Å²) in [6, 6.07) is 3.68. The van der Waals surface area contributed by atoms with Crippen LogP contribution in [0.1, 0.15) is 5.56 Å². The number of aromatic nitrogens is 1. The molecule has 0 saturated carbocycles. The second-order valence-corrected chi connectivity index (χ2v) is 2.87. The van der Waals surface area contributed by atoms with Crippen molar-refractivity contribution in [3.8, 4) is 5.88 Å². The molecule has 1 aromatic heterocycles. The van der Waals surface area contributed by atoms with Gasteiger partial charge in [-0.2, -0.15) is 0 Å². The van der Waals surface area contributed by atoms with E-state index in [1.807, 2.05) is 12.1 Å². The van der Waals surface area contributed by atoms with Crippen molar-refractivity contribution in [3.63, 3.8) is 0 Å². The second-order valence-electron chi connectivity index (χ2n) is 2.35. The third-order valence-corrected chi connectivity index (χ3v) is 1.53. The summed E-state index contributed by atoms with van der Waals surface area (Å²) >= 11 is 4.77. The summed E-state index contributed by atoms with van der Waals surface area (Å²) in [5.41, 5.74) is 6.41. The Bertz CT molecular complexity index is 288. The summed E-state index contributed by atoms with van der Waals surface area (Å²) in [5, 5.41) is 0. The van der Waals surface area contributed by atoms with Crippen molar-refractivity contribution in [3.05, 3.63) is 23.9 Å². The minimum absolute atomic E-state index is 0.475. The zero-order chi connectivity index (χ0) is 8.97. The van der Waals surface area contributed by atoms with Crippen LogP contribution in [0.3, 0.4) is 0 Å². The van der Waals surface area contributed by atoms with Gasteiger partial charge in [0.25, 0.3) is 0 Å². The number of pyridine rings is 1. The van der Waals surface area contributed by atoms with Gasteiger partial charge in [-0.3, -0.25) is 0 Å². The van der Waals surface area contributed by atoms with Gasteiger partial charge in [0.1, 0.15) is 0 Å². The fraction of sp³-hybridized carbons (Fsp3) is 0.250. The molecule has 0 aromatic carbocycles. The van der Waals surface area contributed by atoms with Gasteiger partial charge in [-0.25, -0.2) is 4.98 Å². The van der Waals surface area contributed by atoms with Gasteiger partial charge >= 0.3 is 0 Å². The van der Waals surface area contributed by atoms with Crippen molar-refractivity contribution in [1.29, 1.82) is 0 Å². The maximum atomic E-state index is 5.39. The summed E-state index contributed by atoms with van der Waals surface area (Å²) in [6.07, 6.45) is 2.26. The Labute approximate surface area is 76.6 Å². The molecule has 1 rings (SSSR count). The Morgan fingerprint density at radius 2 is 2.50 bits per heavy atom. The summed E-state index contributed by atoms with van der Waals surface area (Å²) in [4.78, 5) is 4.43. The number of nitrogens with zero attached hydrogens (tertiary/aromatic N) is 1. The lowest BCUT2D eigenvalue weighted by Gasteiger charge is -2.01. The van der Waals surface area contributed by atoms with Gasteiger partial charge in [-0.1, -0.05) is 12.2 Å². The smallest absolute Gasteiger partial charge is 0.213 e. The molecule has 0 bridgehead atoms. The minimum atomic E-state index is 0.475. The molecule has 0 radical (unpaired) electrons. The van der Waals surface area contributed by atoms with Crippen LogP contribution in [-0.2, 0) is 6.42 Å². The van der Waals surface area contributed by atoms with E-state index in [9.17, 15) is 0 Å². The molecule has 0 amide bonds. The Kier molecular flexibility index (Phi) is 2.99.